The summed E-state index contributed by atoms with van der Waals surface area (Å²) < 4.78 is 5.41. The predicted octanol–water partition coefficient (Wildman–Crippen LogP) is 1.65. The predicted molar refractivity (Wildman–Crippen MR) is 72.7 cm³/mol. The van der Waals surface area contributed by atoms with Crippen molar-refractivity contribution >= 4 is 12.0 Å². The molecule has 0 bridgehead atoms. The van der Waals surface area contributed by atoms with Gasteiger partial charge in [-0.1, -0.05) is 0 Å². The zero-order valence-corrected chi connectivity index (χ0v) is 12.9. The Morgan fingerprint density at radius 3 is 2.50 bits per heavy atom. The van der Waals surface area contributed by atoms with Crippen LogP contribution in [0.25, 0.3) is 0 Å². The van der Waals surface area contributed by atoms with Crippen molar-refractivity contribution in [1.82, 2.24) is 9.96 Å². The van der Waals surface area contributed by atoms with Gasteiger partial charge in [-0.3, -0.25) is 9.63 Å². The van der Waals surface area contributed by atoms with Gasteiger partial charge < -0.3 is 9.64 Å². The Morgan fingerprint density at radius 2 is 1.95 bits per heavy atom. The summed E-state index contributed by atoms with van der Waals surface area (Å²) in [5.41, 5.74) is -0.482. The maximum Gasteiger partial charge on any atom is 0.410 e. The number of rotatable bonds is 2. The number of nitrogens with zero attached hydrogens (tertiary/aromatic N) is 2. The molecule has 0 aromatic carbocycles. The number of ether oxygens (including phenoxy) is 1. The van der Waals surface area contributed by atoms with Gasteiger partial charge in [0, 0.05) is 25.6 Å². The van der Waals surface area contributed by atoms with Crippen molar-refractivity contribution in [3.63, 3.8) is 0 Å². The van der Waals surface area contributed by atoms with Crippen LogP contribution in [0.5, 0.6) is 0 Å². The van der Waals surface area contributed by atoms with E-state index in [0.29, 0.717) is 13.0 Å². The number of hydroxylamine groups is 2. The van der Waals surface area contributed by atoms with Crippen LogP contribution in [0, 0.1) is 11.8 Å². The lowest BCUT2D eigenvalue weighted by Crippen LogP contribution is -2.46. The quantitative estimate of drug-likeness (QED) is 0.723. The highest BCUT2D eigenvalue weighted by molar-refractivity contribution is 5.79. The van der Waals surface area contributed by atoms with Gasteiger partial charge >= 0.3 is 6.09 Å². The smallest absolute Gasteiger partial charge is 0.410 e. The highest BCUT2D eigenvalue weighted by atomic mass is 16.7. The van der Waals surface area contributed by atoms with Crippen LogP contribution < -0.4 is 0 Å². The first-order valence-corrected chi connectivity index (χ1v) is 7.06. The van der Waals surface area contributed by atoms with E-state index in [4.69, 9.17) is 9.57 Å². The molecular weight excluding hydrogens is 260 g/mol. The van der Waals surface area contributed by atoms with Crippen LogP contribution in [0.2, 0.25) is 0 Å². The van der Waals surface area contributed by atoms with Crippen molar-refractivity contribution < 1.29 is 19.2 Å². The number of hydrogen-bond acceptors (Lipinski definition) is 4. The average Bonchev–Trinajstić information content (AvgIpc) is 3.13. The number of carbonyl (C=O) groups is 2. The van der Waals surface area contributed by atoms with E-state index < -0.39 is 5.60 Å². The highest BCUT2D eigenvalue weighted by Crippen LogP contribution is 2.47. The molecule has 2 fully saturated rings. The summed E-state index contributed by atoms with van der Waals surface area (Å²) in [6, 6.07) is 0.151. The molecule has 1 aliphatic carbocycles. The molecule has 1 saturated carbocycles. The Balaban J connectivity index is 1.94. The molecule has 2 aliphatic rings. The fourth-order valence-electron chi connectivity index (χ4n) is 2.83. The van der Waals surface area contributed by atoms with Gasteiger partial charge in [0.1, 0.15) is 5.60 Å². The minimum absolute atomic E-state index is 0.00355. The second kappa shape index (κ2) is 5.24. The van der Waals surface area contributed by atoms with E-state index >= 15 is 0 Å². The molecule has 6 heteroatoms. The molecule has 2 amide bonds. The molecule has 0 N–H and O–H groups in total. The molecule has 0 aromatic heterocycles. The van der Waals surface area contributed by atoms with E-state index in [2.05, 4.69) is 0 Å². The van der Waals surface area contributed by atoms with Gasteiger partial charge in [0.05, 0.1) is 7.11 Å². The topological polar surface area (TPSA) is 59.1 Å². The van der Waals surface area contributed by atoms with E-state index in [-0.39, 0.29) is 29.9 Å². The second-order valence-corrected chi connectivity index (χ2v) is 6.55. The van der Waals surface area contributed by atoms with Gasteiger partial charge in [0.25, 0.3) is 0 Å². The van der Waals surface area contributed by atoms with Gasteiger partial charge in [0.2, 0.25) is 5.91 Å². The van der Waals surface area contributed by atoms with Gasteiger partial charge in [-0.15, -0.1) is 0 Å². The van der Waals surface area contributed by atoms with Crippen LogP contribution in [0.4, 0.5) is 4.79 Å². The summed E-state index contributed by atoms with van der Waals surface area (Å²) in [6.45, 7) is 6.15. The molecule has 1 aliphatic heterocycles. The lowest BCUT2D eigenvalue weighted by Gasteiger charge is -2.33. The average molecular weight is 284 g/mol. The number of hydrogen-bond donors (Lipinski definition) is 0. The van der Waals surface area contributed by atoms with Crippen molar-refractivity contribution in [1.29, 1.82) is 0 Å². The van der Waals surface area contributed by atoms with E-state index in [0.717, 1.165) is 6.42 Å². The normalized spacial score (nSPS) is 28.6. The third-order valence-corrected chi connectivity index (χ3v) is 3.93. The number of likely N-dealkylation sites (tertiary alicyclic amines) is 1. The SMILES string of the molecule is CON(C)C(=O)C1CCN(C(=O)OC(C)(C)C)C2CC12. The number of carbonyl (C=O) groups excluding carboxylic acids is 2. The zero-order valence-electron chi connectivity index (χ0n) is 12.9. The van der Waals surface area contributed by atoms with Gasteiger partial charge in [-0.25, -0.2) is 9.86 Å². The van der Waals surface area contributed by atoms with E-state index in [1.54, 1.807) is 11.9 Å². The highest BCUT2D eigenvalue weighted by Gasteiger charge is 2.54. The van der Waals surface area contributed by atoms with E-state index in [1.807, 2.05) is 20.8 Å². The Kier molecular flexibility index (Phi) is 3.95. The minimum atomic E-state index is -0.482. The van der Waals surface area contributed by atoms with Crippen LogP contribution in [-0.4, -0.2) is 54.3 Å². The van der Waals surface area contributed by atoms with Crippen molar-refractivity contribution in [2.75, 3.05) is 20.7 Å². The van der Waals surface area contributed by atoms with Crippen LogP contribution in [0.15, 0.2) is 0 Å². The fourth-order valence-corrected chi connectivity index (χ4v) is 2.83. The number of piperidine rings is 1. The summed E-state index contributed by atoms with van der Waals surface area (Å²) in [5.74, 6) is 0.217. The molecule has 0 spiro atoms. The largest absolute Gasteiger partial charge is 0.444 e. The van der Waals surface area contributed by atoms with Crippen LogP contribution in [-0.2, 0) is 14.4 Å². The second-order valence-electron chi connectivity index (χ2n) is 6.55. The minimum Gasteiger partial charge on any atom is -0.444 e. The standard InChI is InChI=1S/C14H24N2O4/c1-14(2,3)20-13(18)16-7-6-9(10-8-11(10)16)12(17)15(4)19-5/h9-11H,6-8H2,1-5H3. The van der Waals surface area contributed by atoms with E-state index in [1.165, 1.54) is 12.2 Å². The first-order chi connectivity index (χ1) is 9.24. The summed E-state index contributed by atoms with van der Waals surface area (Å²) in [4.78, 5) is 31.0. The lowest BCUT2D eigenvalue weighted by molar-refractivity contribution is -0.175. The summed E-state index contributed by atoms with van der Waals surface area (Å²) in [6.07, 6.45) is 1.29. The first kappa shape index (κ1) is 15.1. The third-order valence-electron chi connectivity index (χ3n) is 3.93. The third kappa shape index (κ3) is 3.06. The van der Waals surface area contributed by atoms with Gasteiger partial charge in [-0.2, -0.15) is 0 Å². The Hall–Kier alpha value is -1.30. The Bertz CT molecular complexity index is 404. The number of amides is 2. The van der Waals surface area contributed by atoms with Crippen LogP contribution in [0.1, 0.15) is 33.6 Å². The summed E-state index contributed by atoms with van der Waals surface area (Å²) >= 11 is 0. The molecular formula is C14H24N2O4. The Morgan fingerprint density at radius 1 is 1.30 bits per heavy atom. The zero-order chi connectivity index (χ0) is 15.1. The van der Waals surface area contributed by atoms with Crippen molar-refractivity contribution in [2.24, 2.45) is 11.8 Å². The van der Waals surface area contributed by atoms with Crippen molar-refractivity contribution in [3.8, 4) is 0 Å². The molecule has 1 heterocycles. The molecule has 20 heavy (non-hydrogen) atoms. The summed E-state index contributed by atoms with van der Waals surface area (Å²) in [5, 5.41) is 1.28. The fraction of sp³-hybridized carbons (Fsp3) is 0.857. The molecule has 3 unspecified atom stereocenters. The van der Waals surface area contributed by atoms with Crippen LogP contribution >= 0.6 is 0 Å². The number of fused-ring (bicyclic) bond motifs is 1. The molecule has 1 saturated heterocycles. The molecule has 0 radical (unpaired) electrons. The molecule has 2 rings (SSSR count). The van der Waals surface area contributed by atoms with Crippen molar-refractivity contribution in [3.05, 3.63) is 0 Å². The molecule has 0 aromatic rings. The summed E-state index contributed by atoms with van der Waals surface area (Å²) in [7, 11) is 3.11. The van der Waals surface area contributed by atoms with Gasteiger partial charge in [-0.05, 0) is 39.5 Å². The Labute approximate surface area is 119 Å². The first-order valence-electron chi connectivity index (χ1n) is 7.06. The maximum absolute atomic E-state index is 12.1. The molecule has 6 nitrogen and oxygen atoms in total. The molecule has 114 valence electrons. The van der Waals surface area contributed by atoms with Gasteiger partial charge in [0.15, 0.2) is 0 Å². The van der Waals surface area contributed by atoms with Crippen molar-refractivity contribution in [2.45, 2.75) is 45.3 Å². The molecule has 3 atom stereocenters. The van der Waals surface area contributed by atoms with Crippen LogP contribution in [0.3, 0.4) is 0 Å². The van der Waals surface area contributed by atoms with E-state index in [9.17, 15) is 9.59 Å². The monoisotopic (exact) mass is 284 g/mol. The lowest BCUT2D eigenvalue weighted by atomic mass is 9.95. The maximum atomic E-state index is 12.1.